The highest BCUT2D eigenvalue weighted by Gasteiger charge is 2.24. The molecule has 4 heteroatoms. The molecule has 0 spiro atoms. The number of hydrogen-bond acceptors (Lipinski definition) is 4. The van der Waals surface area contributed by atoms with Gasteiger partial charge in [0.05, 0.1) is 19.1 Å². The second-order valence-corrected chi connectivity index (χ2v) is 5.53. The van der Waals surface area contributed by atoms with Crippen molar-refractivity contribution in [2.75, 3.05) is 20.2 Å². The Labute approximate surface area is 110 Å². The highest BCUT2D eigenvalue weighted by molar-refractivity contribution is 5.69. The summed E-state index contributed by atoms with van der Waals surface area (Å²) >= 11 is 0. The van der Waals surface area contributed by atoms with Crippen LogP contribution in [0.3, 0.4) is 0 Å². The van der Waals surface area contributed by atoms with Gasteiger partial charge in [0.15, 0.2) is 0 Å². The summed E-state index contributed by atoms with van der Waals surface area (Å²) in [6.07, 6.45) is 4.46. The van der Waals surface area contributed by atoms with Crippen molar-refractivity contribution >= 4 is 5.97 Å². The second kappa shape index (κ2) is 7.74. The van der Waals surface area contributed by atoms with Crippen molar-refractivity contribution in [1.29, 1.82) is 0 Å². The van der Waals surface area contributed by atoms with Gasteiger partial charge in [0.2, 0.25) is 0 Å². The van der Waals surface area contributed by atoms with Gasteiger partial charge in [-0.05, 0) is 32.7 Å². The number of nitrogens with zero attached hydrogens (tertiary/aromatic N) is 1. The highest BCUT2D eigenvalue weighted by Crippen LogP contribution is 2.26. The molecule has 3 unspecified atom stereocenters. The smallest absolute Gasteiger partial charge is 0.308 e. The van der Waals surface area contributed by atoms with E-state index in [1.54, 1.807) is 6.92 Å². The van der Waals surface area contributed by atoms with Crippen LogP contribution in [0, 0.1) is 5.92 Å². The van der Waals surface area contributed by atoms with Gasteiger partial charge in [-0.3, -0.25) is 4.79 Å². The molecule has 0 bridgehead atoms. The summed E-state index contributed by atoms with van der Waals surface area (Å²) < 4.78 is 4.84. The van der Waals surface area contributed by atoms with Gasteiger partial charge in [0.1, 0.15) is 0 Å². The lowest BCUT2D eigenvalue weighted by atomic mass is 9.86. The lowest BCUT2D eigenvalue weighted by Crippen LogP contribution is -2.40. The van der Waals surface area contributed by atoms with Crippen LogP contribution in [0.1, 0.15) is 46.0 Å². The number of aliphatic hydroxyl groups excluding tert-OH is 1. The minimum absolute atomic E-state index is 0.0977. The number of rotatable bonds is 6. The first kappa shape index (κ1) is 15.4. The summed E-state index contributed by atoms with van der Waals surface area (Å²) in [5.74, 6) is 0.462. The largest absolute Gasteiger partial charge is 0.466 e. The number of likely N-dealkylation sites (N-methyl/N-ethyl adjacent to an activating group) is 1. The number of ether oxygens (including phenoxy) is 1. The van der Waals surface area contributed by atoms with Crippen LogP contribution in [0.4, 0.5) is 0 Å². The van der Waals surface area contributed by atoms with E-state index in [1.165, 1.54) is 25.7 Å². The molecule has 0 aromatic carbocycles. The second-order valence-electron chi connectivity index (χ2n) is 5.53. The molecule has 0 amide bonds. The molecule has 0 aromatic heterocycles. The topological polar surface area (TPSA) is 49.8 Å². The van der Waals surface area contributed by atoms with Gasteiger partial charge in [-0.25, -0.2) is 0 Å². The Balaban J connectivity index is 2.29. The lowest BCUT2D eigenvalue weighted by molar-refractivity contribution is -0.145. The predicted molar refractivity (Wildman–Crippen MR) is 71.3 cm³/mol. The molecule has 3 atom stereocenters. The third kappa shape index (κ3) is 5.36. The number of carbonyl (C=O) groups excluding carboxylic acids is 1. The molecule has 106 valence electrons. The van der Waals surface area contributed by atoms with Crippen LogP contribution in [0.25, 0.3) is 0 Å². The zero-order valence-corrected chi connectivity index (χ0v) is 11.9. The van der Waals surface area contributed by atoms with Crippen molar-refractivity contribution in [1.82, 2.24) is 4.90 Å². The van der Waals surface area contributed by atoms with E-state index in [0.29, 0.717) is 19.2 Å². The first-order chi connectivity index (χ1) is 8.52. The molecular formula is C14H27NO3. The number of esters is 1. The third-order valence-corrected chi connectivity index (χ3v) is 3.74. The van der Waals surface area contributed by atoms with Gasteiger partial charge >= 0.3 is 5.97 Å². The summed E-state index contributed by atoms with van der Waals surface area (Å²) in [5.41, 5.74) is 0. The van der Waals surface area contributed by atoms with E-state index >= 15 is 0 Å². The maximum Gasteiger partial charge on any atom is 0.308 e. The Morgan fingerprint density at radius 1 is 1.50 bits per heavy atom. The Morgan fingerprint density at radius 3 is 2.83 bits per heavy atom. The zero-order valence-electron chi connectivity index (χ0n) is 11.9. The molecule has 1 saturated carbocycles. The van der Waals surface area contributed by atoms with E-state index in [2.05, 4.69) is 11.8 Å². The van der Waals surface area contributed by atoms with Crippen molar-refractivity contribution in [3.63, 3.8) is 0 Å². The molecule has 18 heavy (non-hydrogen) atoms. The first-order valence-electron chi connectivity index (χ1n) is 7.06. The minimum atomic E-state index is -0.619. The number of carbonyl (C=O) groups is 1. The van der Waals surface area contributed by atoms with Crippen molar-refractivity contribution in [2.45, 2.75) is 58.1 Å². The maximum atomic E-state index is 11.3. The standard InChI is InChI=1S/C14H27NO3/c1-4-18-14(17)9-13(16)10-15(3)12-7-5-6-11(2)8-12/h11-13,16H,4-10H2,1-3H3. The molecule has 4 nitrogen and oxygen atoms in total. The molecule has 0 radical (unpaired) electrons. The lowest BCUT2D eigenvalue weighted by Gasteiger charge is -2.35. The van der Waals surface area contributed by atoms with Gasteiger partial charge in [-0.2, -0.15) is 0 Å². The van der Waals surface area contributed by atoms with Gasteiger partial charge in [-0.15, -0.1) is 0 Å². The number of hydrogen-bond donors (Lipinski definition) is 1. The molecular weight excluding hydrogens is 230 g/mol. The van der Waals surface area contributed by atoms with Gasteiger partial charge in [0, 0.05) is 12.6 Å². The minimum Gasteiger partial charge on any atom is -0.466 e. The Morgan fingerprint density at radius 2 is 2.22 bits per heavy atom. The normalized spacial score (nSPS) is 26.1. The van der Waals surface area contributed by atoms with E-state index in [0.717, 1.165) is 5.92 Å². The summed E-state index contributed by atoms with van der Waals surface area (Å²) in [7, 11) is 2.04. The van der Waals surface area contributed by atoms with Crippen molar-refractivity contribution in [3.05, 3.63) is 0 Å². The van der Waals surface area contributed by atoms with Crippen LogP contribution < -0.4 is 0 Å². The van der Waals surface area contributed by atoms with Crippen LogP contribution in [0.15, 0.2) is 0 Å². The zero-order chi connectivity index (χ0) is 13.5. The molecule has 0 aliphatic heterocycles. The molecule has 1 fully saturated rings. The van der Waals surface area contributed by atoms with E-state index in [1.807, 2.05) is 7.05 Å². The molecule has 1 aliphatic rings. The van der Waals surface area contributed by atoms with Crippen LogP contribution >= 0.6 is 0 Å². The average molecular weight is 257 g/mol. The number of aliphatic hydroxyl groups is 1. The van der Waals surface area contributed by atoms with Crippen LogP contribution in [0.5, 0.6) is 0 Å². The van der Waals surface area contributed by atoms with Gasteiger partial charge in [-0.1, -0.05) is 19.8 Å². The molecule has 0 heterocycles. The van der Waals surface area contributed by atoms with E-state index < -0.39 is 6.10 Å². The Hall–Kier alpha value is -0.610. The molecule has 1 aliphatic carbocycles. The van der Waals surface area contributed by atoms with Gasteiger partial charge < -0.3 is 14.7 Å². The summed E-state index contributed by atoms with van der Waals surface area (Å²) in [6, 6.07) is 0.547. The summed E-state index contributed by atoms with van der Waals surface area (Å²) in [5, 5.41) is 9.87. The fraction of sp³-hybridized carbons (Fsp3) is 0.929. The molecule has 0 aromatic rings. The van der Waals surface area contributed by atoms with E-state index in [-0.39, 0.29) is 12.4 Å². The monoisotopic (exact) mass is 257 g/mol. The predicted octanol–water partition coefficient (Wildman–Crippen LogP) is 1.81. The Bertz CT molecular complexity index is 257. The van der Waals surface area contributed by atoms with E-state index in [4.69, 9.17) is 4.74 Å². The first-order valence-corrected chi connectivity index (χ1v) is 7.06. The fourth-order valence-electron chi connectivity index (χ4n) is 2.76. The van der Waals surface area contributed by atoms with Crippen molar-refractivity contribution in [3.8, 4) is 0 Å². The highest BCUT2D eigenvalue weighted by atomic mass is 16.5. The molecule has 1 rings (SSSR count). The third-order valence-electron chi connectivity index (χ3n) is 3.74. The fourth-order valence-corrected chi connectivity index (χ4v) is 2.76. The summed E-state index contributed by atoms with van der Waals surface area (Å²) in [6.45, 7) is 4.99. The van der Waals surface area contributed by atoms with Crippen molar-refractivity contribution < 1.29 is 14.6 Å². The van der Waals surface area contributed by atoms with Crippen LogP contribution in [-0.2, 0) is 9.53 Å². The maximum absolute atomic E-state index is 11.3. The quantitative estimate of drug-likeness (QED) is 0.737. The van der Waals surface area contributed by atoms with Crippen molar-refractivity contribution in [2.24, 2.45) is 5.92 Å². The van der Waals surface area contributed by atoms with Crippen LogP contribution in [0.2, 0.25) is 0 Å². The van der Waals surface area contributed by atoms with Crippen LogP contribution in [-0.4, -0.2) is 48.3 Å². The summed E-state index contributed by atoms with van der Waals surface area (Å²) in [4.78, 5) is 13.5. The van der Waals surface area contributed by atoms with Gasteiger partial charge in [0.25, 0.3) is 0 Å². The van der Waals surface area contributed by atoms with E-state index in [9.17, 15) is 9.90 Å². The Kier molecular flexibility index (Phi) is 6.65. The average Bonchev–Trinajstić information content (AvgIpc) is 2.28. The molecule has 0 saturated heterocycles. The molecule has 1 N–H and O–H groups in total. The SMILES string of the molecule is CCOC(=O)CC(O)CN(C)C1CCCC(C)C1.